The molecule has 0 unspecified atom stereocenters. The number of sulfonamides is 1. The molecule has 0 spiro atoms. The van der Waals surface area contributed by atoms with E-state index >= 15 is 0 Å². The summed E-state index contributed by atoms with van der Waals surface area (Å²) in [4.78, 5) is 11.6. The summed E-state index contributed by atoms with van der Waals surface area (Å²) in [5, 5.41) is 2.29. The number of anilines is 1. The van der Waals surface area contributed by atoms with Crippen LogP contribution in [0.1, 0.15) is 0 Å². The Bertz CT molecular complexity index is 844. The molecule has 0 aliphatic heterocycles. The Labute approximate surface area is 142 Å². The van der Waals surface area contributed by atoms with Gasteiger partial charge in [-0.3, -0.25) is 4.79 Å². The molecule has 0 saturated carbocycles. The van der Waals surface area contributed by atoms with E-state index < -0.39 is 28.3 Å². The van der Waals surface area contributed by atoms with Crippen molar-refractivity contribution in [2.24, 2.45) is 0 Å². The van der Waals surface area contributed by atoms with Gasteiger partial charge in [-0.15, -0.1) is 0 Å². The molecule has 0 aliphatic carbocycles. The highest BCUT2D eigenvalue weighted by Gasteiger charge is 2.18. The maximum Gasteiger partial charge on any atom is 0.242 e. The number of hydrogen-bond acceptors (Lipinski definition) is 3. The van der Waals surface area contributed by atoms with Crippen molar-refractivity contribution in [3.8, 4) is 0 Å². The van der Waals surface area contributed by atoms with Gasteiger partial charge >= 0.3 is 0 Å². The Morgan fingerprint density at radius 2 is 1.78 bits per heavy atom. The van der Waals surface area contributed by atoms with Crippen LogP contribution in [-0.4, -0.2) is 20.9 Å². The molecule has 0 bridgehead atoms. The van der Waals surface area contributed by atoms with Crippen molar-refractivity contribution in [2.45, 2.75) is 4.90 Å². The van der Waals surface area contributed by atoms with Gasteiger partial charge in [-0.25, -0.2) is 17.5 Å². The maximum absolute atomic E-state index is 13.0. The monoisotopic (exact) mass is 376 g/mol. The van der Waals surface area contributed by atoms with Gasteiger partial charge in [0.25, 0.3) is 0 Å². The number of carbonyl (C=O) groups is 1. The lowest BCUT2D eigenvalue weighted by molar-refractivity contribution is -0.115. The third-order valence-corrected chi connectivity index (χ3v) is 4.94. The molecule has 2 N–H and O–H groups in total. The third kappa shape index (κ3) is 4.65. The lowest BCUT2D eigenvalue weighted by Crippen LogP contribution is -2.33. The molecular weight excluding hydrogens is 366 g/mol. The number of benzene rings is 2. The smallest absolute Gasteiger partial charge is 0.242 e. The summed E-state index contributed by atoms with van der Waals surface area (Å²) in [7, 11) is -3.92. The molecule has 9 heteroatoms. The van der Waals surface area contributed by atoms with E-state index in [2.05, 4.69) is 10.0 Å². The minimum absolute atomic E-state index is 0.0470. The summed E-state index contributed by atoms with van der Waals surface area (Å²) in [6, 6.07) is 9.47. The predicted molar refractivity (Wildman–Crippen MR) is 86.7 cm³/mol. The second kappa shape index (κ2) is 7.27. The summed E-state index contributed by atoms with van der Waals surface area (Å²) in [5.41, 5.74) is 0.248. The van der Waals surface area contributed by atoms with E-state index in [9.17, 15) is 17.6 Å². The van der Waals surface area contributed by atoms with Crippen molar-refractivity contribution in [3.63, 3.8) is 0 Å². The van der Waals surface area contributed by atoms with Crippen LogP contribution in [0.4, 0.5) is 10.1 Å². The van der Waals surface area contributed by atoms with Crippen LogP contribution in [0.3, 0.4) is 0 Å². The number of hydrogen-bond donors (Lipinski definition) is 2. The molecule has 5 nitrogen and oxygen atoms in total. The summed E-state index contributed by atoms with van der Waals surface area (Å²) < 4.78 is 39.3. The van der Waals surface area contributed by atoms with Crippen LogP contribution in [0.5, 0.6) is 0 Å². The highest BCUT2D eigenvalue weighted by atomic mass is 35.5. The van der Waals surface area contributed by atoms with Crippen LogP contribution in [0.25, 0.3) is 0 Å². The Morgan fingerprint density at radius 1 is 1.09 bits per heavy atom. The van der Waals surface area contributed by atoms with E-state index in [1.165, 1.54) is 30.3 Å². The lowest BCUT2D eigenvalue weighted by atomic mass is 10.3. The van der Waals surface area contributed by atoms with Crippen molar-refractivity contribution in [2.75, 3.05) is 11.9 Å². The predicted octanol–water partition coefficient (Wildman–Crippen LogP) is 3.05. The fourth-order valence-electron chi connectivity index (χ4n) is 1.68. The van der Waals surface area contributed by atoms with Gasteiger partial charge < -0.3 is 5.32 Å². The van der Waals surface area contributed by atoms with Crippen LogP contribution >= 0.6 is 23.2 Å². The van der Waals surface area contributed by atoms with E-state index in [4.69, 9.17) is 23.2 Å². The van der Waals surface area contributed by atoms with Gasteiger partial charge in [0.1, 0.15) is 10.7 Å². The van der Waals surface area contributed by atoms with Gasteiger partial charge in [0, 0.05) is 5.69 Å². The summed E-state index contributed by atoms with van der Waals surface area (Å²) in [5.74, 6) is -1.26. The zero-order chi connectivity index (χ0) is 17.0. The molecule has 1 amide bonds. The van der Waals surface area contributed by atoms with Gasteiger partial charge in [0.05, 0.1) is 16.6 Å². The van der Waals surface area contributed by atoms with E-state index in [0.717, 1.165) is 6.07 Å². The number of halogens is 3. The van der Waals surface area contributed by atoms with Crippen molar-refractivity contribution < 1.29 is 17.6 Å². The van der Waals surface area contributed by atoms with Gasteiger partial charge in [-0.05, 0) is 30.3 Å². The number of rotatable bonds is 5. The van der Waals surface area contributed by atoms with Crippen LogP contribution in [-0.2, 0) is 14.8 Å². The topological polar surface area (TPSA) is 75.3 Å². The van der Waals surface area contributed by atoms with E-state index in [1.54, 1.807) is 6.07 Å². The van der Waals surface area contributed by atoms with Crippen molar-refractivity contribution in [3.05, 3.63) is 58.3 Å². The van der Waals surface area contributed by atoms with Crippen LogP contribution in [0.2, 0.25) is 10.0 Å². The van der Waals surface area contributed by atoms with Crippen molar-refractivity contribution in [1.82, 2.24) is 4.72 Å². The quantitative estimate of drug-likeness (QED) is 0.841. The zero-order valence-corrected chi connectivity index (χ0v) is 13.8. The van der Waals surface area contributed by atoms with E-state index in [1.807, 2.05) is 0 Å². The molecular formula is C14H11Cl2FN2O3S. The third-order valence-electron chi connectivity index (χ3n) is 2.75. The number of carbonyl (C=O) groups excluding carboxylic acids is 1. The Hall–Kier alpha value is -1.67. The molecule has 0 radical (unpaired) electrons. The number of amides is 1. The SMILES string of the molecule is O=C(CNS(=O)(=O)c1ccccc1Cl)Nc1ccc(F)c(Cl)c1. The van der Waals surface area contributed by atoms with Crippen LogP contribution < -0.4 is 10.0 Å². The first-order chi connectivity index (χ1) is 10.8. The molecule has 122 valence electrons. The Kier molecular flexibility index (Phi) is 5.59. The van der Waals surface area contributed by atoms with Gasteiger partial charge in [-0.1, -0.05) is 35.3 Å². The molecule has 2 aromatic rings. The average molecular weight is 377 g/mol. The van der Waals surface area contributed by atoms with Gasteiger partial charge in [-0.2, -0.15) is 0 Å². The first-order valence-corrected chi connectivity index (χ1v) is 8.52. The first kappa shape index (κ1) is 17.7. The second-order valence-corrected chi connectivity index (χ2v) is 6.98. The molecule has 0 heterocycles. The number of nitrogens with one attached hydrogen (secondary N) is 2. The molecule has 0 fully saturated rings. The van der Waals surface area contributed by atoms with E-state index in [0.29, 0.717) is 0 Å². The normalized spacial score (nSPS) is 11.3. The van der Waals surface area contributed by atoms with E-state index in [-0.39, 0.29) is 20.6 Å². The molecule has 23 heavy (non-hydrogen) atoms. The Morgan fingerprint density at radius 3 is 2.43 bits per heavy atom. The standard InChI is InChI=1S/C14H11Cl2FN2O3S/c15-10-3-1-2-4-13(10)23(21,22)18-8-14(20)19-9-5-6-12(17)11(16)7-9/h1-7,18H,8H2,(H,19,20). The van der Waals surface area contributed by atoms with Gasteiger partial charge in [0.2, 0.25) is 15.9 Å². The summed E-state index contributed by atoms with van der Waals surface area (Å²) >= 11 is 11.4. The molecule has 0 aliphatic rings. The minimum Gasteiger partial charge on any atom is -0.325 e. The molecule has 0 atom stereocenters. The minimum atomic E-state index is -3.92. The fourth-order valence-corrected chi connectivity index (χ4v) is 3.36. The second-order valence-electron chi connectivity index (χ2n) is 4.43. The first-order valence-electron chi connectivity index (χ1n) is 6.29. The van der Waals surface area contributed by atoms with Crippen molar-refractivity contribution >= 4 is 44.8 Å². The van der Waals surface area contributed by atoms with Crippen molar-refractivity contribution in [1.29, 1.82) is 0 Å². The Balaban J connectivity index is 2.01. The zero-order valence-electron chi connectivity index (χ0n) is 11.5. The highest BCUT2D eigenvalue weighted by Crippen LogP contribution is 2.20. The van der Waals surface area contributed by atoms with Crippen LogP contribution in [0.15, 0.2) is 47.4 Å². The average Bonchev–Trinajstić information content (AvgIpc) is 2.49. The maximum atomic E-state index is 13.0. The van der Waals surface area contributed by atoms with Crippen LogP contribution in [0, 0.1) is 5.82 Å². The van der Waals surface area contributed by atoms with Gasteiger partial charge in [0.15, 0.2) is 0 Å². The summed E-state index contributed by atoms with van der Waals surface area (Å²) in [6.45, 7) is -0.511. The molecule has 2 aromatic carbocycles. The fraction of sp³-hybridized carbons (Fsp3) is 0.0714. The molecule has 2 rings (SSSR count). The highest BCUT2D eigenvalue weighted by molar-refractivity contribution is 7.89. The largest absolute Gasteiger partial charge is 0.325 e. The summed E-state index contributed by atoms with van der Waals surface area (Å²) in [6.07, 6.45) is 0. The molecule has 0 aromatic heterocycles. The molecule has 0 saturated heterocycles. The lowest BCUT2D eigenvalue weighted by Gasteiger charge is -2.09.